The molecule has 37 heavy (non-hydrogen) atoms. The topological polar surface area (TPSA) is 106 Å². The molecule has 8 nitrogen and oxygen atoms in total. The molecule has 0 unspecified atom stereocenters. The Kier molecular flexibility index (Phi) is 6.62. The first-order chi connectivity index (χ1) is 18.0. The van der Waals surface area contributed by atoms with Crippen molar-refractivity contribution in [1.29, 1.82) is 0 Å². The van der Waals surface area contributed by atoms with Crippen LogP contribution >= 0.6 is 22.7 Å². The zero-order chi connectivity index (χ0) is 25.4. The third-order valence-electron chi connectivity index (χ3n) is 6.75. The normalized spacial score (nSPS) is 17.9. The number of nitrogens with two attached hydrogens (primary N) is 1. The third-order valence-corrected chi connectivity index (χ3v) is 8.71. The fraction of sp³-hybridized carbons (Fsp3) is 0.333. The lowest BCUT2D eigenvalue weighted by atomic mass is 9.92. The van der Waals surface area contributed by atoms with Crippen molar-refractivity contribution in [3.05, 3.63) is 58.4 Å². The highest BCUT2D eigenvalue weighted by Gasteiger charge is 2.20. The van der Waals surface area contributed by atoms with Crippen LogP contribution < -0.4 is 16.4 Å². The van der Waals surface area contributed by atoms with Gasteiger partial charge in [0.25, 0.3) is 0 Å². The monoisotopic (exact) mass is 530 g/mol. The molecule has 1 aromatic carbocycles. The van der Waals surface area contributed by atoms with Gasteiger partial charge < -0.3 is 16.4 Å². The molecule has 1 aliphatic rings. The lowest BCUT2D eigenvalue weighted by Crippen LogP contribution is -2.33. The summed E-state index contributed by atoms with van der Waals surface area (Å²) in [7, 11) is 0. The van der Waals surface area contributed by atoms with E-state index in [1.165, 1.54) is 0 Å². The fourth-order valence-corrected chi connectivity index (χ4v) is 6.15. The molecule has 4 N–H and O–H groups in total. The first kappa shape index (κ1) is 24.0. The first-order valence-corrected chi connectivity index (χ1v) is 14.4. The van der Waals surface area contributed by atoms with E-state index in [9.17, 15) is 0 Å². The van der Waals surface area contributed by atoms with Crippen LogP contribution in [0, 0.1) is 0 Å². The highest BCUT2D eigenvalue weighted by Crippen LogP contribution is 2.32. The van der Waals surface area contributed by atoms with Gasteiger partial charge in [0.1, 0.15) is 15.8 Å². The van der Waals surface area contributed by atoms with Gasteiger partial charge in [-0.15, -0.1) is 15.3 Å². The SMILES string of the molecule is CC(C)c1nnc(-c2ccc(Nc3cc(NC4CCC(N)CC4)nn4c(-c5ccsc5)cnc34)cc2)s1. The van der Waals surface area contributed by atoms with Crippen LogP contribution in [0.2, 0.25) is 0 Å². The quantitative estimate of drug-likeness (QED) is 0.220. The number of thiophene rings is 1. The summed E-state index contributed by atoms with van der Waals surface area (Å²) in [5.74, 6) is 1.21. The zero-order valence-electron chi connectivity index (χ0n) is 20.9. The van der Waals surface area contributed by atoms with Gasteiger partial charge in [-0.3, -0.25) is 0 Å². The van der Waals surface area contributed by atoms with Gasteiger partial charge >= 0.3 is 0 Å². The van der Waals surface area contributed by atoms with Crippen molar-refractivity contribution < 1.29 is 0 Å². The first-order valence-electron chi connectivity index (χ1n) is 12.7. The van der Waals surface area contributed by atoms with Crippen LogP contribution in [0.15, 0.2) is 53.4 Å². The van der Waals surface area contributed by atoms with Crippen molar-refractivity contribution in [2.75, 3.05) is 10.6 Å². The van der Waals surface area contributed by atoms with Gasteiger partial charge in [-0.1, -0.05) is 25.2 Å². The van der Waals surface area contributed by atoms with Crippen molar-refractivity contribution in [3.8, 4) is 21.8 Å². The van der Waals surface area contributed by atoms with Crippen molar-refractivity contribution in [2.45, 2.75) is 57.5 Å². The molecule has 5 aromatic rings. The molecule has 0 amide bonds. The molecule has 0 atom stereocenters. The van der Waals surface area contributed by atoms with Gasteiger partial charge in [-0.25, -0.2) is 9.50 Å². The second kappa shape index (κ2) is 10.2. The molecular formula is C27H30N8S2. The molecule has 0 saturated heterocycles. The van der Waals surface area contributed by atoms with Gasteiger partial charge in [0.2, 0.25) is 0 Å². The van der Waals surface area contributed by atoms with E-state index >= 15 is 0 Å². The van der Waals surface area contributed by atoms with Crippen LogP contribution in [0.5, 0.6) is 0 Å². The Morgan fingerprint density at radius 2 is 1.84 bits per heavy atom. The molecule has 10 heteroatoms. The average molecular weight is 531 g/mol. The second-order valence-corrected chi connectivity index (χ2v) is 11.7. The van der Waals surface area contributed by atoms with Crippen LogP contribution in [-0.4, -0.2) is 36.9 Å². The maximum atomic E-state index is 6.13. The number of anilines is 3. The maximum Gasteiger partial charge on any atom is 0.178 e. The van der Waals surface area contributed by atoms with Crippen LogP contribution in [0.4, 0.5) is 17.2 Å². The molecule has 1 aliphatic carbocycles. The van der Waals surface area contributed by atoms with Crippen molar-refractivity contribution in [3.63, 3.8) is 0 Å². The van der Waals surface area contributed by atoms with E-state index in [0.29, 0.717) is 18.0 Å². The summed E-state index contributed by atoms with van der Waals surface area (Å²) in [5.41, 5.74) is 11.9. The number of aromatic nitrogens is 5. The van der Waals surface area contributed by atoms with E-state index in [4.69, 9.17) is 15.8 Å². The van der Waals surface area contributed by atoms with Crippen molar-refractivity contribution in [2.24, 2.45) is 5.73 Å². The molecule has 190 valence electrons. The number of rotatable bonds is 7. The van der Waals surface area contributed by atoms with Gasteiger partial charge in [-0.2, -0.15) is 11.3 Å². The Labute approximate surface area is 224 Å². The molecule has 6 rings (SSSR count). The highest BCUT2D eigenvalue weighted by molar-refractivity contribution is 7.14. The average Bonchev–Trinajstić information content (AvgIpc) is 3.67. The summed E-state index contributed by atoms with van der Waals surface area (Å²) in [6.45, 7) is 4.27. The minimum absolute atomic E-state index is 0.310. The molecule has 0 radical (unpaired) electrons. The molecule has 0 aliphatic heterocycles. The number of nitrogens with zero attached hydrogens (tertiary/aromatic N) is 5. The standard InChI is InChI=1S/C27H30N8S2/c1-16(2)26-32-33-27(37-26)17-3-7-20(8-4-17)30-22-13-24(31-21-9-5-19(28)6-10-21)34-35-23(14-29-25(22)35)18-11-12-36-15-18/h3-4,7-8,11-16,19,21,30H,5-6,9-10,28H2,1-2H3,(H,31,34). The Morgan fingerprint density at radius 1 is 1.03 bits per heavy atom. The number of nitrogens with one attached hydrogen (secondary N) is 2. The third kappa shape index (κ3) is 5.09. The Bertz CT molecular complexity index is 1480. The van der Waals surface area contributed by atoms with E-state index in [2.05, 4.69) is 81.8 Å². The van der Waals surface area contributed by atoms with Gasteiger partial charge in [0.05, 0.1) is 17.6 Å². The summed E-state index contributed by atoms with van der Waals surface area (Å²) in [6.07, 6.45) is 6.07. The summed E-state index contributed by atoms with van der Waals surface area (Å²) in [6, 6.07) is 13.1. The molecular weight excluding hydrogens is 500 g/mol. The van der Waals surface area contributed by atoms with Crippen LogP contribution in [0.1, 0.15) is 50.5 Å². The van der Waals surface area contributed by atoms with Gasteiger partial charge in [0.15, 0.2) is 5.65 Å². The van der Waals surface area contributed by atoms with Crippen molar-refractivity contribution >= 4 is 45.5 Å². The highest BCUT2D eigenvalue weighted by atomic mass is 32.1. The number of imidazole rings is 1. The minimum Gasteiger partial charge on any atom is -0.366 e. The van der Waals surface area contributed by atoms with E-state index in [1.54, 1.807) is 22.7 Å². The summed E-state index contributed by atoms with van der Waals surface area (Å²) >= 11 is 3.31. The summed E-state index contributed by atoms with van der Waals surface area (Å²) < 4.78 is 1.93. The molecule has 4 aromatic heterocycles. The smallest absolute Gasteiger partial charge is 0.178 e. The lowest BCUT2D eigenvalue weighted by molar-refractivity contribution is 0.410. The number of fused-ring (bicyclic) bond motifs is 1. The predicted octanol–water partition coefficient (Wildman–Crippen LogP) is 6.53. The van der Waals surface area contributed by atoms with E-state index in [0.717, 1.165) is 75.4 Å². The molecule has 1 fully saturated rings. The van der Waals surface area contributed by atoms with Gasteiger partial charge in [0, 0.05) is 46.3 Å². The van der Waals surface area contributed by atoms with Crippen LogP contribution in [0.25, 0.3) is 27.5 Å². The van der Waals surface area contributed by atoms with Crippen LogP contribution in [-0.2, 0) is 0 Å². The number of hydrogen-bond acceptors (Lipinski definition) is 9. The van der Waals surface area contributed by atoms with E-state index in [1.807, 2.05) is 10.7 Å². The molecule has 4 heterocycles. The second-order valence-electron chi connectivity index (χ2n) is 9.89. The Balaban J connectivity index is 1.31. The Hall–Kier alpha value is -3.34. The lowest BCUT2D eigenvalue weighted by Gasteiger charge is -2.27. The fourth-order valence-electron chi connectivity index (χ4n) is 4.65. The summed E-state index contributed by atoms with van der Waals surface area (Å²) in [4.78, 5) is 4.73. The Morgan fingerprint density at radius 3 is 2.54 bits per heavy atom. The minimum atomic E-state index is 0.310. The number of hydrogen-bond donors (Lipinski definition) is 3. The molecule has 1 saturated carbocycles. The zero-order valence-corrected chi connectivity index (χ0v) is 22.5. The van der Waals surface area contributed by atoms with E-state index < -0.39 is 0 Å². The maximum absolute atomic E-state index is 6.13. The van der Waals surface area contributed by atoms with E-state index in [-0.39, 0.29) is 0 Å². The van der Waals surface area contributed by atoms with Crippen molar-refractivity contribution in [1.82, 2.24) is 24.8 Å². The van der Waals surface area contributed by atoms with Gasteiger partial charge in [-0.05, 0) is 61.4 Å². The van der Waals surface area contributed by atoms with Crippen LogP contribution in [0.3, 0.4) is 0 Å². The predicted molar refractivity (Wildman–Crippen MR) is 153 cm³/mol. The molecule has 0 spiro atoms. The summed E-state index contributed by atoms with van der Waals surface area (Å²) in [5, 5.41) is 27.1. The molecule has 0 bridgehead atoms. The number of benzene rings is 1. The largest absolute Gasteiger partial charge is 0.366 e.